The molecule has 115 heavy (non-hydrogen) atoms. The molecule has 6 N–H and O–H groups in total. The predicted molar refractivity (Wildman–Crippen MR) is 457 cm³/mol. The van der Waals surface area contributed by atoms with Gasteiger partial charge in [0.05, 0.1) is 18.1 Å². The molecule has 4 aromatic heterocycles. The summed E-state index contributed by atoms with van der Waals surface area (Å²) in [5.41, 5.74) is 23.5. The van der Waals surface area contributed by atoms with E-state index in [1.807, 2.05) is 137 Å². The maximum Gasteiger partial charge on any atom is 0.344 e. The van der Waals surface area contributed by atoms with Crippen molar-refractivity contribution < 1.29 is 43.7 Å². The van der Waals surface area contributed by atoms with E-state index in [9.17, 15) is 24.0 Å². The Morgan fingerprint density at radius 3 is 1.10 bits per heavy atom. The van der Waals surface area contributed by atoms with Crippen molar-refractivity contribution in [3.8, 4) is 11.5 Å². The monoisotopic (exact) mass is 1540 g/mol. The van der Waals surface area contributed by atoms with Gasteiger partial charge in [-0.05, 0) is 252 Å². The number of hydrogen-bond donors (Lipinski definition) is 6. The Balaban J connectivity index is 0.000000170. The number of carbonyl (C=O) groups is 5. The van der Waals surface area contributed by atoms with Gasteiger partial charge < -0.3 is 49.3 Å². The van der Waals surface area contributed by atoms with Crippen LogP contribution in [0.3, 0.4) is 0 Å². The lowest BCUT2D eigenvalue weighted by atomic mass is 9.98. The Labute approximate surface area is 674 Å². The van der Waals surface area contributed by atoms with Gasteiger partial charge in [-0.2, -0.15) is 5.21 Å². The lowest BCUT2D eigenvalue weighted by Crippen LogP contribution is -2.26. The van der Waals surface area contributed by atoms with Gasteiger partial charge in [-0.25, -0.2) is 4.79 Å². The van der Waals surface area contributed by atoms with Crippen molar-refractivity contribution in [2.75, 3.05) is 0 Å². The first kappa shape index (κ1) is 83.6. The maximum atomic E-state index is 13.2. The van der Waals surface area contributed by atoms with Gasteiger partial charge in [0.1, 0.15) is 11.5 Å². The number of hydrogen-bond acceptors (Lipinski definition) is 10. The second kappa shape index (κ2) is 37.1. The molecule has 13 aromatic rings. The van der Waals surface area contributed by atoms with Gasteiger partial charge in [0.15, 0.2) is 12.2 Å². The molecule has 0 saturated carbocycles. The highest BCUT2D eigenvalue weighted by atomic mass is 16.5. The van der Waals surface area contributed by atoms with Crippen molar-refractivity contribution in [3.63, 3.8) is 0 Å². The molecule has 0 saturated heterocycles. The van der Waals surface area contributed by atoms with E-state index in [4.69, 9.17) is 19.7 Å². The van der Waals surface area contributed by atoms with E-state index < -0.39 is 18.0 Å². The van der Waals surface area contributed by atoms with Gasteiger partial charge in [-0.15, -0.1) is 10.2 Å². The number of carboxylic acid groups (broad SMARTS) is 2. The van der Waals surface area contributed by atoms with Crippen LogP contribution in [0.15, 0.2) is 200 Å². The molecule has 0 radical (unpaired) electrons. The van der Waals surface area contributed by atoms with E-state index in [2.05, 4.69) is 218 Å². The molecule has 19 nitrogen and oxygen atoms in total. The van der Waals surface area contributed by atoms with Gasteiger partial charge in [0.2, 0.25) is 5.82 Å². The van der Waals surface area contributed by atoms with Gasteiger partial charge in [0, 0.05) is 92.5 Å². The fourth-order valence-electron chi connectivity index (χ4n) is 14.5. The number of fused-ring (bicyclic) bond motifs is 3. The molecule has 0 unspecified atom stereocenters. The third kappa shape index (κ3) is 20.3. The minimum Gasteiger partial charge on any atom is -0.483 e. The van der Waals surface area contributed by atoms with Crippen molar-refractivity contribution in [2.24, 2.45) is 0 Å². The van der Waals surface area contributed by atoms with Gasteiger partial charge in [0.25, 0.3) is 17.7 Å². The van der Waals surface area contributed by atoms with E-state index in [0.29, 0.717) is 72.1 Å². The van der Waals surface area contributed by atoms with E-state index >= 15 is 0 Å². The van der Waals surface area contributed by atoms with Crippen LogP contribution < -0.4 is 25.4 Å². The zero-order valence-electron chi connectivity index (χ0n) is 69.1. The number of aryl methyl sites for hydroxylation is 4. The van der Waals surface area contributed by atoms with Crippen LogP contribution in [-0.2, 0) is 35.6 Å². The van der Waals surface area contributed by atoms with E-state index in [1.54, 1.807) is 6.07 Å². The summed E-state index contributed by atoms with van der Waals surface area (Å²) in [4.78, 5) is 61.6. The average molecular weight is 1550 g/mol. The first-order chi connectivity index (χ1) is 54.9. The number of carbonyl (C=O) groups excluding carboxylic acids is 3. The van der Waals surface area contributed by atoms with E-state index in [0.717, 1.165) is 94.4 Å². The summed E-state index contributed by atoms with van der Waals surface area (Å²) in [7, 11) is 0. The Morgan fingerprint density at radius 1 is 0.400 bits per heavy atom. The molecule has 4 heterocycles. The number of aromatic nitrogens is 7. The van der Waals surface area contributed by atoms with Crippen molar-refractivity contribution in [1.29, 1.82) is 0 Å². The topological polar surface area (TPSA) is 250 Å². The molecule has 0 aliphatic rings. The fourth-order valence-corrected chi connectivity index (χ4v) is 14.5. The highest BCUT2D eigenvalue weighted by molar-refractivity contribution is 6.01. The summed E-state index contributed by atoms with van der Waals surface area (Å²) >= 11 is 0. The Bertz CT molecular complexity index is 5650. The first-order valence-electron chi connectivity index (χ1n) is 39.7. The highest BCUT2D eigenvalue weighted by Crippen LogP contribution is 2.34. The second-order valence-electron chi connectivity index (χ2n) is 31.3. The standard InChI is InChI=1S/C32H36N6O2.C32H36N2O4.C32H36N2O3/c1-19(2)25-10-8-11-26(16-25)21(4)33-32(39)27-13-14-30-29(17-27)20(3)22(5)38(30)18-24-9-7-12-28(15-24)40-23(6)31-34-36-37-35-31;1-19(2)25-10-8-11-26(16-25)21(4)33-31(35)27-13-14-30-29(17-27)20(3)22(5)34(30)18-24-9-7-12-28(15-24)38-23(6)32(36)37;1-20(2)26-7-6-8-27(17-26)22(4)33-32(37)28-14-15-30-29(18-28)21(3)23(5)34(30)19-25-11-9-24(10-12-25)13-16-31(35)36/h7-17,19,21,23H,18H2,1-6H3,(H,33,39)(H,34,35,36,37);7-17,19,21,23H,18H2,1-6H3,(H,33,35)(H,36,37);6-12,14-15,17-18,20,22H,13,16,19H2,1-5H3,(H,33,37)(H,35,36)/t2*21-,23-;22-/m000/s1. The Hall–Kier alpha value is -12.4. The van der Waals surface area contributed by atoms with Crippen LogP contribution in [0.2, 0.25) is 0 Å². The predicted octanol–water partition coefficient (Wildman–Crippen LogP) is 20.3. The number of amides is 3. The SMILES string of the molecule is Cc1c(C)n(Cc2ccc(CCC(=O)O)cc2)c2ccc(C(=O)N[C@@H](C)c3cccc(C(C)C)c3)cc12.Cc1c(C)n(Cc2cccc(O[C@@H](C)C(=O)O)c2)c2ccc(C(=O)N[C@@H](C)c3cccc(C(C)C)c3)cc12.Cc1c(C)n(Cc2cccc(O[C@@H](C)c3nn[nH]n3)c2)c2ccc(C(=O)N[C@@H](C)c3cccc(C(C)C)c3)cc12. The van der Waals surface area contributed by atoms with Crippen LogP contribution in [0.5, 0.6) is 11.5 Å². The van der Waals surface area contributed by atoms with Gasteiger partial charge in [-0.3, -0.25) is 19.2 Å². The Kier molecular flexibility index (Phi) is 26.9. The summed E-state index contributed by atoms with van der Waals surface area (Å²) in [6.07, 6.45) is -0.573. The zero-order valence-corrected chi connectivity index (χ0v) is 69.1. The third-order valence-electron chi connectivity index (χ3n) is 22.1. The van der Waals surface area contributed by atoms with Crippen molar-refractivity contribution >= 4 is 62.4 Å². The van der Waals surface area contributed by atoms with Crippen LogP contribution >= 0.6 is 0 Å². The van der Waals surface area contributed by atoms with Crippen molar-refractivity contribution in [2.45, 2.75) is 198 Å². The molecule has 9 aromatic carbocycles. The number of rotatable bonds is 27. The summed E-state index contributed by atoms with van der Waals surface area (Å²) < 4.78 is 18.4. The number of benzene rings is 9. The number of nitrogens with one attached hydrogen (secondary N) is 4. The first-order valence-corrected chi connectivity index (χ1v) is 39.7. The van der Waals surface area contributed by atoms with Gasteiger partial charge >= 0.3 is 11.9 Å². The smallest absolute Gasteiger partial charge is 0.344 e. The fraction of sp³-hybridized carbons (Fsp3) is 0.312. The number of tetrazole rings is 1. The van der Waals surface area contributed by atoms with E-state index in [-0.39, 0.29) is 48.4 Å². The lowest BCUT2D eigenvalue weighted by Gasteiger charge is -2.17. The summed E-state index contributed by atoms with van der Waals surface area (Å²) in [6.45, 7) is 37.1. The molecular weight excluding hydrogens is 1440 g/mol. The Morgan fingerprint density at radius 2 is 0.748 bits per heavy atom. The highest BCUT2D eigenvalue weighted by Gasteiger charge is 2.23. The van der Waals surface area contributed by atoms with Crippen molar-refractivity contribution in [3.05, 3.63) is 312 Å². The van der Waals surface area contributed by atoms with Crippen LogP contribution in [0.4, 0.5) is 0 Å². The molecule has 5 atom stereocenters. The number of nitrogens with zero attached hydrogens (tertiary/aromatic N) is 6. The normalized spacial score (nSPS) is 12.7. The van der Waals surface area contributed by atoms with E-state index in [1.165, 1.54) is 40.4 Å². The minimum atomic E-state index is -1.00. The van der Waals surface area contributed by atoms with Crippen LogP contribution in [-0.4, -0.2) is 80.3 Å². The summed E-state index contributed by atoms with van der Waals surface area (Å²) in [6, 6.07) is 66.4. The molecule has 13 rings (SSSR count). The summed E-state index contributed by atoms with van der Waals surface area (Å²) in [5.74, 6) is 1.05. The molecule has 19 heteroatoms. The summed E-state index contributed by atoms with van der Waals surface area (Å²) in [5, 5.41) is 44.8. The number of aromatic amines is 1. The van der Waals surface area contributed by atoms with Crippen molar-refractivity contribution in [1.82, 2.24) is 50.3 Å². The number of ether oxygens (including phenoxy) is 2. The molecule has 3 amide bonds. The van der Waals surface area contributed by atoms with Gasteiger partial charge in [-0.1, -0.05) is 168 Å². The minimum absolute atomic E-state index is 0.0743. The quantitative estimate of drug-likeness (QED) is 0.0281. The van der Waals surface area contributed by atoms with Crippen LogP contribution in [0.1, 0.15) is 251 Å². The van der Waals surface area contributed by atoms with Crippen LogP contribution in [0.25, 0.3) is 32.7 Å². The average Bonchev–Trinajstić information content (AvgIpc) is 1.63. The second-order valence-corrected chi connectivity index (χ2v) is 31.3. The third-order valence-corrected chi connectivity index (χ3v) is 22.1. The number of H-pyrrole nitrogens is 1. The molecule has 0 spiro atoms. The molecule has 0 bridgehead atoms. The molecular formula is C96H108N10O9. The molecule has 596 valence electrons. The zero-order chi connectivity index (χ0) is 82.6. The maximum absolute atomic E-state index is 13.2. The number of carboxylic acids is 2. The van der Waals surface area contributed by atoms with Crippen LogP contribution in [0, 0.1) is 41.5 Å². The lowest BCUT2D eigenvalue weighted by molar-refractivity contribution is -0.144. The molecule has 0 aliphatic carbocycles. The molecule has 0 aliphatic heterocycles. The molecule has 0 fully saturated rings. The largest absolute Gasteiger partial charge is 0.483 e. The number of aliphatic carboxylic acids is 2.